The lowest BCUT2D eigenvalue weighted by atomic mass is 9.99. The summed E-state index contributed by atoms with van der Waals surface area (Å²) in [6.07, 6.45) is -9.59. The number of hydrogen-bond acceptors (Lipinski definition) is 3. The molecule has 0 saturated heterocycles. The highest BCUT2D eigenvalue weighted by atomic mass is 35.5. The average Bonchev–Trinajstić information content (AvgIpc) is 2.72. The molecule has 0 aliphatic heterocycles. The van der Waals surface area contributed by atoms with Crippen LogP contribution >= 0.6 is 11.6 Å². The van der Waals surface area contributed by atoms with Crippen LogP contribution in [0.2, 0.25) is 5.02 Å². The van der Waals surface area contributed by atoms with Crippen LogP contribution in [-0.2, 0) is 11.3 Å². The minimum Gasteiger partial charge on any atom is -0.457 e. The van der Waals surface area contributed by atoms with E-state index < -0.39 is 30.8 Å². The zero-order valence-corrected chi connectivity index (χ0v) is 17.5. The Morgan fingerprint density at radius 1 is 0.758 bits per heavy atom. The van der Waals surface area contributed by atoms with E-state index in [4.69, 9.17) is 21.1 Å². The summed E-state index contributed by atoms with van der Waals surface area (Å²) in [7, 11) is 0. The van der Waals surface area contributed by atoms with Crippen LogP contribution in [-0.4, -0.2) is 19.1 Å². The number of alkyl halides is 6. The maximum Gasteiger partial charge on any atom is 0.573 e. The van der Waals surface area contributed by atoms with Gasteiger partial charge >= 0.3 is 12.5 Å². The summed E-state index contributed by atoms with van der Waals surface area (Å²) in [5.41, 5.74) is 0.341. The van der Waals surface area contributed by atoms with Crippen LogP contribution in [0.1, 0.15) is 17.0 Å². The van der Waals surface area contributed by atoms with Crippen molar-refractivity contribution in [1.82, 2.24) is 0 Å². The van der Waals surface area contributed by atoms with Crippen LogP contribution in [0, 0.1) is 0 Å². The van der Waals surface area contributed by atoms with E-state index in [1.165, 1.54) is 0 Å². The van der Waals surface area contributed by atoms with E-state index in [0.29, 0.717) is 22.1 Å². The second kappa shape index (κ2) is 10.4. The van der Waals surface area contributed by atoms with Crippen molar-refractivity contribution in [3.63, 3.8) is 0 Å². The summed E-state index contributed by atoms with van der Waals surface area (Å²) in [6.45, 7) is -0.842. The third kappa shape index (κ3) is 7.87. The molecule has 3 aromatic rings. The van der Waals surface area contributed by atoms with Crippen molar-refractivity contribution < 1.29 is 40.6 Å². The van der Waals surface area contributed by atoms with Crippen molar-refractivity contribution in [1.29, 1.82) is 0 Å². The molecular formula is C23H17ClF6O3. The van der Waals surface area contributed by atoms with E-state index in [0.717, 1.165) is 24.3 Å². The van der Waals surface area contributed by atoms with E-state index in [9.17, 15) is 26.3 Å². The highest BCUT2D eigenvalue weighted by Crippen LogP contribution is 2.36. The number of hydrogen-bond donors (Lipinski definition) is 0. The number of ether oxygens (including phenoxy) is 3. The van der Waals surface area contributed by atoms with Gasteiger partial charge in [-0.15, -0.1) is 13.2 Å². The average molecular weight is 491 g/mol. The highest BCUT2D eigenvalue weighted by Gasteiger charge is 2.41. The molecule has 0 bridgehead atoms. The molecule has 0 aromatic heterocycles. The molecule has 3 aromatic carbocycles. The van der Waals surface area contributed by atoms with Crippen molar-refractivity contribution >= 4 is 11.6 Å². The fourth-order valence-electron chi connectivity index (χ4n) is 2.91. The van der Waals surface area contributed by atoms with E-state index in [2.05, 4.69) is 4.74 Å². The van der Waals surface area contributed by atoms with Crippen molar-refractivity contribution in [2.75, 3.05) is 6.61 Å². The second-order valence-electron chi connectivity index (χ2n) is 6.93. The van der Waals surface area contributed by atoms with Crippen LogP contribution < -0.4 is 9.47 Å². The Bertz CT molecular complexity index is 1030. The Hall–Kier alpha value is -2.91. The van der Waals surface area contributed by atoms with Gasteiger partial charge in [0.25, 0.3) is 0 Å². The minimum atomic E-state index is -4.93. The molecule has 33 heavy (non-hydrogen) atoms. The first-order valence-corrected chi connectivity index (χ1v) is 9.90. The predicted octanol–water partition coefficient (Wildman–Crippen LogP) is 7.89. The summed E-state index contributed by atoms with van der Waals surface area (Å²) >= 11 is 5.83. The number of rotatable bonds is 8. The van der Waals surface area contributed by atoms with Gasteiger partial charge in [0.05, 0.1) is 13.2 Å². The third-order valence-electron chi connectivity index (χ3n) is 4.41. The predicted molar refractivity (Wildman–Crippen MR) is 110 cm³/mol. The molecule has 3 nitrogen and oxygen atoms in total. The van der Waals surface area contributed by atoms with Gasteiger partial charge in [-0.05, 0) is 59.7 Å². The topological polar surface area (TPSA) is 27.7 Å². The van der Waals surface area contributed by atoms with Gasteiger partial charge in [0.2, 0.25) is 0 Å². The molecular weight excluding hydrogens is 474 g/mol. The van der Waals surface area contributed by atoms with Gasteiger partial charge in [0.1, 0.15) is 23.2 Å². The summed E-state index contributed by atoms with van der Waals surface area (Å²) in [5.74, 6) is -1.63. The molecule has 1 unspecified atom stereocenters. The second-order valence-corrected chi connectivity index (χ2v) is 7.37. The lowest BCUT2D eigenvalue weighted by molar-refractivity contribution is -0.274. The van der Waals surface area contributed by atoms with Gasteiger partial charge in [-0.25, -0.2) is 0 Å². The van der Waals surface area contributed by atoms with Crippen molar-refractivity contribution in [3.05, 3.63) is 88.9 Å². The number of benzene rings is 3. The van der Waals surface area contributed by atoms with Crippen LogP contribution in [0.25, 0.3) is 0 Å². The van der Waals surface area contributed by atoms with Crippen molar-refractivity contribution in [2.45, 2.75) is 25.1 Å². The molecule has 0 saturated carbocycles. The maximum absolute atomic E-state index is 13.5. The van der Waals surface area contributed by atoms with Crippen LogP contribution in [0.3, 0.4) is 0 Å². The van der Waals surface area contributed by atoms with Gasteiger partial charge in [-0.2, -0.15) is 13.2 Å². The van der Waals surface area contributed by atoms with Gasteiger partial charge in [0.15, 0.2) is 0 Å². The first kappa shape index (κ1) is 24.7. The van der Waals surface area contributed by atoms with E-state index >= 15 is 0 Å². The molecule has 0 fully saturated rings. The fraction of sp³-hybridized carbons (Fsp3) is 0.217. The molecule has 0 N–H and O–H groups in total. The van der Waals surface area contributed by atoms with E-state index in [1.807, 2.05) is 0 Å². The Morgan fingerprint density at radius 2 is 1.39 bits per heavy atom. The molecule has 1 atom stereocenters. The smallest absolute Gasteiger partial charge is 0.457 e. The molecule has 0 spiro atoms. The molecule has 0 heterocycles. The molecule has 3 rings (SSSR count). The SMILES string of the molecule is FC(F)(F)Oc1ccc(C(COCc2cccc(Oc3ccc(Cl)cc3)c2)C(F)(F)F)cc1. The Labute approximate surface area is 190 Å². The molecule has 0 amide bonds. The normalized spacial score (nSPS) is 12.9. The number of halogens is 7. The standard InChI is InChI=1S/C23H17ClF6O3/c24-17-6-10-18(11-7-17)32-20-3-1-2-15(12-20)13-31-14-21(22(25,26)27)16-4-8-19(9-5-16)33-23(28,29)30/h1-12,21H,13-14H2. The van der Waals surface area contributed by atoms with Crippen molar-refractivity contribution in [2.24, 2.45) is 0 Å². The quantitative estimate of drug-likeness (QED) is 0.300. The molecule has 176 valence electrons. The van der Waals surface area contributed by atoms with Gasteiger partial charge in [0, 0.05) is 5.02 Å². The van der Waals surface area contributed by atoms with E-state index in [1.54, 1.807) is 48.5 Å². The van der Waals surface area contributed by atoms with E-state index in [-0.39, 0.29) is 12.2 Å². The first-order valence-electron chi connectivity index (χ1n) is 9.52. The third-order valence-corrected chi connectivity index (χ3v) is 4.66. The van der Waals surface area contributed by atoms with Gasteiger partial charge < -0.3 is 14.2 Å². The zero-order valence-electron chi connectivity index (χ0n) is 16.8. The molecule has 0 radical (unpaired) electrons. The Morgan fingerprint density at radius 3 is 2.00 bits per heavy atom. The van der Waals surface area contributed by atoms with Crippen LogP contribution in [0.5, 0.6) is 17.2 Å². The fourth-order valence-corrected chi connectivity index (χ4v) is 3.04. The van der Waals surface area contributed by atoms with Gasteiger partial charge in [-0.1, -0.05) is 35.9 Å². The minimum absolute atomic E-state index is 0.125. The maximum atomic E-state index is 13.5. The Kier molecular flexibility index (Phi) is 7.76. The largest absolute Gasteiger partial charge is 0.573 e. The summed E-state index contributed by atoms with van der Waals surface area (Å²) in [6, 6.07) is 16.8. The monoisotopic (exact) mass is 490 g/mol. The first-order chi connectivity index (χ1) is 15.5. The van der Waals surface area contributed by atoms with Gasteiger partial charge in [-0.3, -0.25) is 0 Å². The van der Waals surface area contributed by atoms with Crippen molar-refractivity contribution in [3.8, 4) is 17.2 Å². The lowest BCUT2D eigenvalue weighted by Gasteiger charge is -2.21. The molecule has 10 heteroatoms. The zero-order chi connectivity index (χ0) is 24.1. The molecule has 0 aliphatic carbocycles. The molecule has 0 aliphatic rings. The summed E-state index contributed by atoms with van der Waals surface area (Å²) < 4.78 is 92.0. The van der Waals surface area contributed by atoms with Crippen LogP contribution in [0.15, 0.2) is 72.8 Å². The van der Waals surface area contributed by atoms with Crippen LogP contribution in [0.4, 0.5) is 26.3 Å². The summed E-state index contributed by atoms with van der Waals surface area (Å²) in [5, 5.41) is 0.547. The lowest BCUT2D eigenvalue weighted by Crippen LogP contribution is -2.25. The Balaban J connectivity index is 1.62. The highest BCUT2D eigenvalue weighted by molar-refractivity contribution is 6.30. The summed E-state index contributed by atoms with van der Waals surface area (Å²) in [4.78, 5) is 0.